The first-order chi connectivity index (χ1) is 12.1. The molecule has 1 fully saturated rings. The molecule has 5 heteroatoms. The first kappa shape index (κ1) is 18.0. The Morgan fingerprint density at radius 1 is 1.16 bits per heavy atom. The van der Waals surface area contributed by atoms with Gasteiger partial charge in [-0.15, -0.1) is 0 Å². The molecule has 25 heavy (non-hydrogen) atoms. The van der Waals surface area contributed by atoms with Crippen molar-refractivity contribution >= 4 is 0 Å². The fourth-order valence-electron chi connectivity index (χ4n) is 3.26. The molecule has 1 aromatic heterocycles. The molecule has 1 aliphatic heterocycles. The summed E-state index contributed by atoms with van der Waals surface area (Å²) in [6.45, 7) is 8.77. The Morgan fingerprint density at radius 3 is 2.52 bits per heavy atom. The van der Waals surface area contributed by atoms with Crippen molar-refractivity contribution in [2.45, 2.75) is 25.4 Å². The molecule has 3 rings (SSSR count). The minimum absolute atomic E-state index is 0.00424. The Bertz CT molecular complexity index is 654. The number of ether oxygens (including phenoxy) is 1. The average molecular weight is 343 g/mol. The minimum Gasteiger partial charge on any atom is -0.379 e. The predicted octanol–water partition coefficient (Wildman–Crippen LogP) is 3.01. The Morgan fingerprint density at radius 2 is 1.88 bits per heavy atom. The molecule has 0 radical (unpaired) electrons. The Labute approximate surface area is 149 Å². The lowest BCUT2D eigenvalue weighted by atomic mass is 9.97. The van der Waals surface area contributed by atoms with Gasteiger partial charge in [0.2, 0.25) is 0 Å². The van der Waals surface area contributed by atoms with Gasteiger partial charge in [0.1, 0.15) is 5.82 Å². The van der Waals surface area contributed by atoms with Gasteiger partial charge in [-0.1, -0.05) is 18.2 Å². The van der Waals surface area contributed by atoms with Gasteiger partial charge in [0, 0.05) is 37.6 Å². The number of hydrogen-bond acceptors (Lipinski definition) is 4. The van der Waals surface area contributed by atoms with E-state index in [9.17, 15) is 4.39 Å². The molecular weight excluding hydrogens is 317 g/mol. The Kier molecular flexibility index (Phi) is 5.78. The van der Waals surface area contributed by atoms with Crippen LogP contribution in [-0.4, -0.2) is 48.3 Å². The van der Waals surface area contributed by atoms with Crippen LogP contribution in [0.2, 0.25) is 0 Å². The summed E-state index contributed by atoms with van der Waals surface area (Å²) in [6, 6.07) is 10.6. The maximum absolute atomic E-state index is 13.3. The number of rotatable bonds is 6. The number of halogens is 1. The van der Waals surface area contributed by atoms with Crippen LogP contribution in [-0.2, 0) is 4.74 Å². The molecule has 0 unspecified atom stereocenters. The number of nitrogens with zero attached hydrogens (tertiary/aromatic N) is 2. The molecule has 1 saturated heterocycles. The highest BCUT2D eigenvalue weighted by Crippen LogP contribution is 2.24. The zero-order valence-corrected chi connectivity index (χ0v) is 14.9. The van der Waals surface area contributed by atoms with E-state index in [0.717, 1.165) is 44.0 Å². The number of hydrogen-bond donors (Lipinski definition) is 1. The monoisotopic (exact) mass is 343 g/mol. The standard InChI is InChI=1S/C20H26FN3O/c1-20(2,24-10-12-25-13-11-24)15-23-19(17-4-3-9-22-14-17)16-5-7-18(21)8-6-16/h3-9,14,19,23H,10-13,15H2,1-2H3/t19-/m0/s1. The lowest BCUT2D eigenvalue weighted by Crippen LogP contribution is -2.55. The number of pyridine rings is 1. The van der Waals surface area contributed by atoms with E-state index >= 15 is 0 Å². The van der Waals surface area contributed by atoms with Crippen molar-refractivity contribution in [1.82, 2.24) is 15.2 Å². The smallest absolute Gasteiger partial charge is 0.123 e. The average Bonchev–Trinajstić information content (AvgIpc) is 2.65. The number of benzene rings is 1. The quantitative estimate of drug-likeness (QED) is 0.875. The fourth-order valence-corrected chi connectivity index (χ4v) is 3.26. The van der Waals surface area contributed by atoms with Crippen LogP contribution >= 0.6 is 0 Å². The lowest BCUT2D eigenvalue weighted by molar-refractivity contribution is -0.0101. The summed E-state index contributed by atoms with van der Waals surface area (Å²) in [5, 5.41) is 3.66. The molecule has 2 aromatic rings. The van der Waals surface area contributed by atoms with Gasteiger partial charge in [0.05, 0.1) is 19.3 Å². The highest BCUT2D eigenvalue weighted by atomic mass is 19.1. The maximum atomic E-state index is 13.3. The summed E-state index contributed by atoms with van der Waals surface area (Å²) in [6.07, 6.45) is 3.63. The lowest BCUT2D eigenvalue weighted by Gasteiger charge is -2.41. The Hall–Kier alpha value is -1.82. The van der Waals surface area contributed by atoms with Gasteiger partial charge in [-0.3, -0.25) is 9.88 Å². The van der Waals surface area contributed by atoms with Gasteiger partial charge in [0.15, 0.2) is 0 Å². The fraction of sp³-hybridized carbons (Fsp3) is 0.450. The van der Waals surface area contributed by atoms with Crippen LogP contribution in [0.25, 0.3) is 0 Å². The molecule has 0 aliphatic carbocycles. The van der Waals surface area contributed by atoms with Crippen LogP contribution in [0.5, 0.6) is 0 Å². The summed E-state index contributed by atoms with van der Waals surface area (Å²) in [4.78, 5) is 6.69. The molecule has 1 atom stereocenters. The SMILES string of the molecule is CC(C)(CN[C@@H](c1ccc(F)cc1)c1cccnc1)N1CCOCC1. The second-order valence-corrected chi connectivity index (χ2v) is 7.06. The molecular formula is C20H26FN3O. The van der Waals surface area contributed by atoms with Gasteiger partial charge in [-0.05, 0) is 43.2 Å². The van der Waals surface area contributed by atoms with Crippen molar-refractivity contribution < 1.29 is 9.13 Å². The highest BCUT2D eigenvalue weighted by Gasteiger charge is 2.29. The molecule has 2 heterocycles. The van der Waals surface area contributed by atoms with Gasteiger partial charge in [0.25, 0.3) is 0 Å². The van der Waals surface area contributed by atoms with Crippen LogP contribution in [0.1, 0.15) is 31.0 Å². The summed E-state index contributed by atoms with van der Waals surface area (Å²) in [7, 11) is 0. The zero-order chi connectivity index (χ0) is 17.7. The minimum atomic E-state index is -0.220. The first-order valence-corrected chi connectivity index (χ1v) is 8.78. The first-order valence-electron chi connectivity index (χ1n) is 8.78. The van der Waals surface area contributed by atoms with Crippen LogP contribution in [0, 0.1) is 5.82 Å². The van der Waals surface area contributed by atoms with E-state index in [1.807, 2.05) is 24.4 Å². The molecule has 0 saturated carbocycles. The number of aromatic nitrogens is 1. The molecule has 1 aliphatic rings. The molecule has 0 bridgehead atoms. The molecule has 0 spiro atoms. The van der Waals surface area contributed by atoms with Crippen LogP contribution in [0.3, 0.4) is 0 Å². The summed E-state index contributed by atoms with van der Waals surface area (Å²) in [5.74, 6) is -0.220. The van der Waals surface area contributed by atoms with Crippen LogP contribution in [0.15, 0.2) is 48.8 Å². The van der Waals surface area contributed by atoms with Crippen molar-refractivity contribution in [2.24, 2.45) is 0 Å². The van der Waals surface area contributed by atoms with E-state index < -0.39 is 0 Å². The molecule has 0 amide bonds. The van der Waals surface area contributed by atoms with E-state index in [2.05, 4.69) is 35.1 Å². The summed E-state index contributed by atoms with van der Waals surface area (Å²) in [5.41, 5.74) is 2.11. The van der Waals surface area contributed by atoms with Gasteiger partial charge < -0.3 is 10.1 Å². The van der Waals surface area contributed by atoms with Crippen molar-refractivity contribution in [3.05, 3.63) is 65.7 Å². The van der Waals surface area contributed by atoms with E-state index in [-0.39, 0.29) is 17.4 Å². The van der Waals surface area contributed by atoms with Crippen molar-refractivity contribution in [3.63, 3.8) is 0 Å². The van der Waals surface area contributed by atoms with Gasteiger partial charge in [-0.25, -0.2) is 4.39 Å². The largest absolute Gasteiger partial charge is 0.379 e. The number of nitrogens with one attached hydrogen (secondary N) is 1. The summed E-state index contributed by atoms with van der Waals surface area (Å²) >= 11 is 0. The van der Waals surface area contributed by atoms with E-state index in [1.165, 1.54) is 12.1 Å². The second-order valence-electron chi connectivity index (χ2n) is 7.06. The van der Waals surface area contributed by atoms with Crippen LogP contribution < -0.4 is 5.32 Å². The van der Waals surface area contributed by atoms with Crippen molar-refractivity contribution in [1.29, 1.82) is 0 Å². The van der Waals surface area contributed by atoms with Gasteiger partial charge in [-0.2, -0.15) is 0 Å². The van der Waals surface area contributed by atoms with E-state index in [0.29, 0.717) is 0 Å². The highest BCUT2D eigenvalue weighted by molar-refractivity contribution is 5.30. The molecule has 134 valence electrons. The second kappa shape index (κ2) is 8.04. The predicted molar refractivity (Wildman–Crippen MR) is 97.0 cm³/mol. The third kappa shape index (κ3) is 4.63. The maximum Gasteiger partial charge on any atom is 0.123 e. The van der Waals surface area contributed by atoms with Gasteiger partial charge >= 0.3 is 0 Å². The van der Waals surface area contributed by atoms with E-state index in [1.54, 1.807) is 6.20 Å². The third-order valence-electron chi connectivity index (χ3n) is 4.83. The van der Waals surface area contributed by atoms with Crippen molar-refractivity contribution in [2.75, 3.05) is 32.8 Å². The van der Waals surface area contributed by atoms with Crippen molar-refractivity contribution in [3.8, 4) is 0 Å². The normalized spacial score (nSPS) is 17.4. The molecule has 1 aromatic carbocycles. The Balaban J connectivity index is 1.77. The molecule has 1 N–H and O–H groups in total. The topological polar surface area (TPSA) is 37.4 Å². The number of morpholine rings is 1. The summed E-state index contributed by atoms with van der Waals surface area (Å²) < 4.78 is 18.8. The molecule has 4 nitrogen and oxygen atoms in total. The van der Waals surface area contributed by atoms with Crippen LogP contribution in [0.4, 0.5) is 4.39 Å². The van der Waals surface area contributed by atoms with E-state index in [4.69, 9.17) is 4.74 Å². The third-order valence-corrected chi connectivity index (χ3v) is 4.83. The zero-order valence-electron chi connectivity index (χ0n) is 14.9.